The van der Waals surface area contributed by atoms with Gasteiger partial charge in [-0.3, -0.25) is 4.90 Å². The normalized spacial score (nSPS) is 24.2. The van der Waals surface area contributed by atoms with E-state index in [-0.39, 0.29) is 0 Å². The van der Waals surface area contributed by atoms with E-state index in [1.54, 1.807) is 6.26 Å². The Labute approximate surface area is 168 Å². The summed E-state index contributed by atoms with van der Waals surface area (Å²) in [6, 6.07) is 3.92. The summed E-state index contributed by atoms with van der Waals surface area (Å²) in [6.07, 6.45) is 9.57. The molecular formula is C20H30N4O3S. The lowest BCUT2D eigenvalue weighted by Gasteiger charge is -2.36. The van der Waals surface area contributed by atoms with Crippen LogP contribution in [0.15, 0.2) is 29.0 Å². The van der Waals surface area contributed by atoms with E-state index in [1.807, 2.05) is 18.3 Å². The van der Waals surface area contributed by atoms with Crippen molar-refractivity contribution in [2.24, 2.45) is 11.8 Å². The number of pyridine rings is 1. The van der Waals surface area contributed by atoms with Crippen LogP contribution in [0.25, 0.3) is 11.0 Å². The Morgan fingerprint density at radius 2 is 1.82 bits per heavy atom. The molecule has 4 rings (SSSR count). The highest BCUT2D eigenvalue weighted by Gasteiger charge is 2.24. The van der Waals surface area contributed by atoms with E-state index >= 15 is 0 Å². The highest BCUT2D eigenvalue weighted by molar-refractivity contribution is 7.70. The van der Waals surface area contributed by atoms with Gasteiger partial charge < -0.3 is 9.32 Å². The Bertz CT molecular complexity index is 829. The van der Waals surface area contributed by atoms with Crippen molar-refractivity contribution in [3.63, 3.8) is 0 Å². The Hall–Kier alpha value is -1.64. The van der Waals surface area contributed by atoms with Gasteiger partial charge in [-0.25, -0.2) is 18.1 Å². The van der Waals surface area contributed by atoms with E-state index in [0.717, 1.165) is 68.3 Å². The van der Waals surface area contributed by atoms with Crippen LogP contribution in [0.4, 0.5) is 5.82 Å². The van der Waals surface area contributed by atoms with Gasteiger partial charge >= 0.3 is 0 Å². The minimum atomic E-state index is -2.45. The first-order valence-corrected chi connectivity index (χ1v) is 11.5. The molecule has 28 heavy (non-hydrogen) atoms. The first kappa shape index (κ1) is 19.7. The van der Waals surface area contributed by atoms with E-state index in [9.17, 15) is 8.42 Å². The molecule has 2 aromatic heterocycles. The molecule has 1 saturated heterocycles. The standard InChI is InChI=1S/C20H30N4O3S/c25-28(26)22-15-17-3-1-16(2-4-17)6-9-23-10-12-24(13-11-23)20-18-7-14-27-19(18)5-8-21-20/h5,7-8,14,16-17,28H,1-4,6,9-13,15H2,(H,22,25,26). The SMILES string of the molecule is O=[SH](=O)NCC1CCC(CCN2CCN(c3nccc4occc34)CC2)CC1. The number of thiol groups is 1. The summed E-state index contributed by atoms with van der Waals surface area (Å²) < 4.78 is 29.4. The molecule has 2 aliphatic rings. The first-order valence-electron chi connectivity index (χ1n) is 10.4. The quantitative estimate of drug-likeness (QED) is 0.687. The van der Waals surface area contributed by atoms with Crippen molar-refractivity contribution in [3.8, 4) is 0 Å². The Balaban J connectivity index is 1.19. The smallest absolute Gasteiger partial charge is 0.201 e. The van der Waals surface area contributed by atoms with E-state index in [0.29, 0.717) is 12.5 Å². The number of aromatic nitrogens is 1. The van der Waals surface area contributed by atoms with Gasteiger partial charge in [0.2, 0.25) is 10.9 Å². The van der Waals surface area contributed by atoms with Crippen molar-refractivity contribution in [1.29, 1.82) is 0 Å². The predicted molar refractivity (Wildman–Crippen MR) is 111 cm³/mol. The van der Waals surface area contributed by atoms with E-state index < -0.39 is 10.9 Å². The third-order valence-electron chi connectivity index (χ3n) is 6.36. The lowest BCUT2D eigenvalue weighted by molar-refractivity contribution is 0.204. The van der Waals surface area contributed by atoms with Gasteiger partial charge in [-0.15, -0.1) is 0 Å². The molecule has 1 aliphatic heterocycles. The third kappa shape index (κ3) is 4.85. The molecule has 0 bridgehead atoms. The maximum Gasteiger partial charge on any atom is 0.201 e. The molecular weight excluding hydrogens is 376 g/mol. The number of anilines is 1. The van der Waals surface area contributed by atoms with Gasteiger partial charge in [0.25, 0.3) is 0 Å². The van der Waals surface area contributed by atoms with E-state index in [1.165, 1.54) is 19.3 Å². The Morgan fingerprint density at radius 1 is 1.07 bits per heavy atom. The zero-order valence-electron chi connectivity index (χ0n) is 16.3. The number of piperazine rings is 1. The van der Waals surface area contributed by atoms with Gasteiger partial charge in [0.1, 0.15) is 11.4 Å². The summed E-state index contributed by atoms with van der Waals surface area (Å²) in [5.41, 5.74) is 0.903. The number of fused-ring (bicyclic) bond motifs is 1. The molecule has 154 valence electrons. The van der Waals surface area contributed by atoms with Gasteiger partial charge in [0.15, 0.2) is 0 Å². The van der Waals surface area contributed by atoms with Crippen LogP contribution in [0.5, 0.6) is 0 Å². The summed E-state index contributed by atoms with van der Waals surface area (Å²) in [5, 5.41) is 1.10. The van der Waals surface area contributed by atoms with E-state index in [4.69, 9.17) is 4.42 Å². The topological polar surface area (TPSA) is 78.7 Å². The number of hydrogen-bond acceptors (Lipinski definition) is 6. The number of nitrogens with zero attached hydrogens (tertiary/aromatic N) is 3. The van der Waals surface area contributed by atoms with Gasteiger partial charge in [0.05, 0.1) is 11.6 Å². The molecule has 1 N–H and O–H groups in total. The average Bonchev–Trinajstić information content (AvgIpc) is 3.21. The van der Waals surface area contributed by atoms with Crippen molar-refractivity contribution >= 4 is 27.7 Å². The summed E-state index contributed by atoms with van der Waals surface area (Å²) in [6.45, 7) is 5.94. The van der Waals surface area contributed by atoms with Gasteiger partial charge in [-0.2, -0.15) is 0 Å². The van der Waals surface area contributed by atoms with Crippen molar-refractivity contribution in [1.82, 2.24) is 14.6 Å². The third-order valence-corrected chi connectivity index (χ3v) is 6.80. The molecule has 0 radical (unpaired) electrons. The average molecular weight is 407 g/mol. The van der Waals surface area contributed by atoms with Gasteiger partial charge in [-0.05, 0) is 49.8 Å². The zero-order chi connectivity index (χ0) is 19.3. The summed E-state index contributed by atoms with van der Waals surface area (Å²) in [5.74, 6) is 2.35. The molecule has 0 aromatic carbocycles. The highest BCUT2D eigenvalue weighted by atomic mass is 32.2. The zero-order valence-corrected chi connectivity index (χ0v) is 17.2. The van der Waals surface area contributed by atoms with Crippen LogP contribution in [0, 0.1) is 11.8 Å². The Kier molecular flexibility index (Phi) is 6.49. The van der Waals surface area contributed by atoms with Gasteiger partial charge in [0, 0.05) is 38.9 Å². The van der Waals surface area contributed by atoms with Crippen molar-refractivity contribution in [2.45, 2.75) is 32.1 Å². The van der Waals surface area contributed by atoms with Crippen LogP contribution in [0.2, 0.25) is 0 Å². The summed E-state index contributed by atoms with van der Waals surface area (Å²) in [4.78, 5) is 9.52. The number of nitrogens with one attached hydrogen (secondary N) is 1. The van der Waals surface area contributed by atoms with Crippen LogP contribution in [0.1, 0.15) is 32.1 Å². The Morgan fingerprint density at radius 3 is 2.57 bits per heavy atom. The number of furan rings is 1. The summed E-state index contributed by atoms with van der Waals surface area (Å²) >= 11 is 0. The molecule has 0 amide bonds. The van der Waals surface area contributed by atoms with Crippen molar-refractivity contribution < 1.29 is 12.8 Å². The largest absolute Gasteiger partial charge is 0.464 e. The fraction of sp³-hybridized carbons (Fsp3) is 0.650. The van der Waals surface area contributed by atoms with Crippen LogP contribution < -0.4 is 9.62 Å². The molecule has 0 unspecified atom stereocenters. The lowest BCUT2D eigenvalue weighted by atomic mass is 9.80. The minimum absolute atomic E-state index is 0.519. The first-order chi connectivity index (χ1) is 13.7. The lowest BCUT2D eigenvalue weighted by Crippen LogP contribution is -2.47. The fourth-order valence-electron chi connectivity index (χ4n) is 4.61. The second-order valence-electron chi connectivity index (χ2n) is 8.09. The summed E-state index contributed by atoms with van der Waals surface area (Å²) in [7, 11) is -2.45. The fourth-order valence-corrected chi connectivity index (χ4v) is 5.02. The van der Waals surface area contributed by atoms with Crippen LogP contribution in [0.3, 0.4) is 0 Å². The van der Waals surface area contributed by atoms with E-state index in [2.05, 4.69) is 19.5 Å². The second-order valence-corrected chi connectivity index (χ2v) is 8.92. The van der Waals surface area contributed by atoms with Crippen LogP contribution in [-0.2, 0) is 10.9 Å². The maximum absolute atomic E-state index is 10.7. The molecule has 2 fully saturated rings. The van der Waals surface area contributed by atoms with Crippen molar-refractivity contribution in [2.75, 3.05) is 44.2 Å². The molecule has 7 nitrogen and oxygen atoms in total. The highest BCUT2D eigenvalue weighted by Crippen LogP contribution is 2.31. The van der Waals surface area contributed by atoms with Crippen molar-refractivity contribution in [3.05, 3.63) is 24.6 Å². The number of hydrogen-bond donors (Lipinski definition) is 2. The maximum atomic E-state index is 10.7. The molecule has 0 atom stereocenters. The number of rotatable bonds is 7. The van der Waals surface area contributed by atoms with Crippen LogP contribution in [-0.4, -0.2) is 57.6 Å². The second kappa shape index (κ2) is 9.24. The minimum Gasteiger partial charge on any atom is -0.464 e. The van der Waals surface area contributed by atoms with Gasteiger partial charge in [-0.1, -0.05) is 12.8 Å². The molecule has 3 heterocycles. The van der Waals surface area contributed by atoms with Crippen LogP contribution >= 0.6 is 0 Å². The molecule has 8 heteroatoms. The molecule has 1 saturated carbocycles. The monoisotopic (exact) mass is 406 g/mol. The molecule has 1 aliphatic carbocycles. The molecule has 2 aromatic rings. The predicted octanol–water partition coefficient (Wildman–Crippen LogP) is 2.26. The molecule has 0 spiro atoms.